The lowest BCUT2D eigenvalue weighted by Gasteiger charge is -2.17. The summed E-state index contributed by atoms with van der Waals surface area (Å²) < 4.78 is 25.2. The van der Waals surface area contributed by atoms with Crippen LogP contribution in [0.5, 0.6) is 0 Å². The molecule has 1 saturated carbocycles. The van der Waals surface area contributed by atoms with E-state index in [1.807, 2.05) is 7.05 Å². The van der Waals surface area contributed by atoms with Crippen molar-refractivity contribution < 1.29 is 13.9 Å². The SMILES string of the molecule is CN1CCC(C(O)CC2CC2(F)F)C1. The van der Waals surface area contributed by atoms with E-state index >= 15 is 0 Å². The van der Waals surface area contributed by atoms with Crippen molar-refractivity contribution in [2.24, 2.45) is 11.8 Å². The van der Waals surface area contributed by atoms with Crippen molar-refractivity contribution in [3.63, 3.8) is 0 Å². The number of hydrogen-bond acceptors (Lipinski definition) is 2. The number of nitrogens with zero attached hydrogens (tertiary/aromatic N) is 1. The van der Waals surface area contributed by atoms with E-state index < -0.39 is 17.9 Å². The summed E-state index contributed by atoms with van der Waals surface area (Å²) >= 11 is 0. The molecule has 0 amide bonds. The number of rotatable bonds is 3. The molecule has 3 unspecified atom stereocenters. The second-order valence-corrected chi connectivity index (χ2v) is 4.78. The van der Waals surface area contributed by atoms with Gasteiger partial charge in [-0.05, 0) is 32.4 Å². The number of aliphatic hydroxyl groups excluding tert-OH is 1. The number of alkyl halides is 2. The molecule has 1 aliphatic heterocycles. The van der Waals surface area contributed by atoms with Gasteiger partial charge < -0.3 is 10.0 Å². The molecule has 2 aliphatic rings. The maximum absolute atomic E-state index is 12.6. The number of aliphatic hydroxyl groups is 1. The highest BCUT2D eigenvalue weighted by molar-refractivity contribution is 4.97. The van der Waals surface area contributed by atoms with E-state index in [1.54, 1.807) is 0 Å². The molecule has 82 valence electrons. The van der Waals surface area contributed by atoms with Crippen LogP contribution < -0.4 is 0 Å². The van der Waals surface area contributed by atoms with E-state index in [9.17, 15) is 13.9 Å². The topological polar surface area (TPSA) is 23.5 Å². The van der Waals surface area contributed by atoms with Crippen LogP contribution in [0.4, 0.5) is 8.78 Å². The summed E-state index contributed by atoms with van der Waals surface area (Å²) in [4.78, 5) is 2.14. The van der Waals surface area contributed by atoms with E-state index in [0.29, 0.717) is 0 Å². The number of likely N-dealkylation sites (tertiary alicyclic amines) is 1. The molecule has 0 spiro atoms. The molecule has 14 heavy (non-hydrogen) atoms. The minimum Gasteiger partial charge on any atom is -0.393 e. The van der Waals surface area contributed by atoms with Crippen LogP contribution in [-0.2, 0) is 0 Å². The fourth-order valence-corrected chi connectivity index (χ4v) is 2.29. The molecular weight excluding hydrogens is 188 g/mol. The Morgan fingerprint density at radius 1 is 1.57 bits per heavy atom. The van der Waals surface area contributed by atoms with E-state index in [0.717, 1.165) is 19.5 Å². The zero-order chi connectivity index (χ0) is 10.3. The van der Waals surface area contributed by atoms with Crippen molar-refractivity contribution in [1.82, 2.24) is 4.90 Å². The molecule has 4 heteroatoms. The Labute approximate surface area is 82.9 Å². The van der Waals surface area contributed by atoms with Crippen LogP contribution in [0.2, 0.25) is 0 Å². The Kier molecular flexibility index (Phi) is 2.52. The third-order valence-corrected chi connectivity index (χ3v) is 3.45. The van der Waals surface area contributed by atoms with Crippen molar-refractivity contribution in [3.05, 3.63) is 0 Å². The van der Waals surface area contributed by atoms with Crippen LogP contribution in [-0.4, -0.2) is 42.2 Å². The Morgan fingerprint density at radius 2 is 2.21 bits per heavy atom. The van der Waals surface area contributed by atoms with Gasteiger partial charge in [-0.1, -0.05) is 0 Å². The summed E-state index contributed by atoms with van der Waals surface area (Å²) in [5, 5.41) is 9.75. The van der Waals surface area contributed by atoms with Gasteiger partial charge in [-0.2, -0.15) is 0 Å². The average molecular weight is 205 g/mol. The van der Waals surface area contributed by atoms with E-state index in [1.165, 1.54) is 0 Å². The summed E-state index contributed by atoms with van der Waals surface area (Å²) in [7, 11) is 2.00. The van der Waals surface area contributed by atoms with Gasteiger partial charge >= 0.3 is 0 Å². The Balaban J connectivity index is 1.76. The summed E-state index contributed by atoms with van der Waals surface area (Å²) in [6, 6.07) is 0. The standard InChI is InChI=1S/C10H17F2NO/c1-13-3-2-7(6-13)9(14)4-8-5-10(8,11)12/h7-9,14H,2-6H2,1H3. The van der Waals surface area contributed by atoms with Gasteiger partial charge in [-0.15, -0.1) is 0 Å². The molecule has 2 nitrogen and oxygen atoms in total. The summed E-state index contributed by atoms with van der Waals surface area (Å²) in [6.45, 7) is 1.82. The van der Waals surface area contributed by atoms with Gasteiger partial charge in [0.05, 0.1) is 6.10 Å². The predicted molar refractivity (Wildman–Crippen MR) is 49.3 cm³/mol. The number of hydrogen-bond donors (Lipinski definition) is 1. The van der Waals surface area contributed by atoms with Crippen LogP contribution in [0.15, 0.2) is 0 Å². The Morgan fingerprint density at radius 3 is 2.64 bits per heavy atom. The first-order valence-corrected chi connectivity index (χ1v) is 5.23. The molecule has 3 atom stereocenters. The first-order valence-electron chi connectivity index (χ1n) is 5.23. The molecule has 2 rings (SSSR count). The zero-order valence-corrected chi connectivity index (χ0v) is 8.42. The molecule has 1 saturated heterocycles. The minimum absolute atomic E-state index is 0.0212. The Bertz CT molecular complexity index is 222. The molecule has 1 aliphatic carbocycles. The van der Waals surface area contributed by atoms with Crippen LogP contribution in [0.3, 0.4) is 0 Å². The highest BCUT2D eigenvalue weighted by atomic mass is 19.3. The van der Waals surface area contributed by atoms with Crippen LogP contribution in [0, 0.1) is 11.8 Å². The third kappa shape index (κ3) is 2.06. The molecular formula is C10H17F2NO. The largest absolute Gasteiger partial charge is 0.393 e. The minimum atomic E-state index is -2.48. The fourth-order valence-electron chi connectivity index (χ4n) is 2.29. The van der Waals surface area contributed by atoms with Crippen molar-refractivity contribution in [2.75, 3.05) is 20.1 Å². The molecule has 0 bridgehead atoms. The summed E-state index contributed by atoms with van der Waals surface area (Å²) in [6.07, 6.45) is 0.673. The van der Waals surface area contributed by atoms with Gasteiger partial charge in [0.2, 0.25) is 0 Å². The Hall–Kier alpha value is -0.220. The van der Waals surface area contributed by atoms with Crippen LogP contribution in [0.1, 0.15) is 19.3 Å². The first-order chi connectivity index (χ1) is 6.49. The quantitative estimate of drug-likeness (QED) is 0.751. The molecule has 0 radical (unpaired) electrons. The van der Waals surface area contributed by atoms with Crippen molar-refractivity contribution >= 4 is 0 Å². The molecule has 1 N–H and O–H groups in total. The normalized spacial score (nSPS) is 38.6. The highest BCUT2D eigenvalue weighted by Crippen LogP contribution is 2.51. The van der Waals surface area contributed by atoms with Crippen LogP contribution >= 0.6 is 0 Å². The van der Waals surface area contributed by atoms with Gasteiger partial charge in [0.25, 0.3) is 5.92 Å². The van der Waals surface area contributed by atoms with Crippen LogP contribution in [0.25, 0.3) is 0 Å². The lowest BCUT2D eigenvalue weighted by Crippen LogP contribution is -2.24. The third-order valence-electron chi connectivity index (χ3n) is 3.45. The first kappa shape index (κ1) is 10.3. The highest BCUT2D eigenvalue weighted by Gasteiger charge is 2.57. The van der Waals surface area contributed by atoms with Gasteiger partial charge in [-0.3, -0.25) is 0 Å². The van der Waals surface area contributed by atoms with E-state index in [2.05, 4.69) is 4.90 Å². The van der Waals surface area contributed by atoms with Gasteiger partial charge in [0.1, 0.15) is 0 Å². The second-order valence-electron chi connectivity index (χ2n) is 4.78. The monoisotopic (exact) mass is 205 g/mol. The van der Waals surface area contributed by atoms with Crippen molar-refractivity contribution in [3.8, 4) is 0 Å². The lowest BCUT2D eigenvalue weighted by atomic mass is 9.97. The van der Waals surface area contributed by atoms with Crippen molar-refractivity contribution in [2.45, 2.75) is 31.3 Å². The molecule has 0 aromatic heterocycles. The maximum atomic E-state index is 12.6. The molecule has 0 aromatic rings. The average Bonchev–Trinajstić information content (AvgIpc) is 2.52. The summed E-state index contributed by atoms with van der Waals surface area (Å²) in [5.41, 5.74) is 0. The fraction of sp³-hybridized carbons (Fsp3) is 1.00. The van der Waals surface area contributed by atoms with E-state index in [-0.39, 0.29) is 18.8 Å². The van der Waals surface area contributed by atoms with E-state index in [4.69, 9.17) is 0 Å². The van der Waals surface area contributed by atoms with Gasteiger partial charge in [-0.25, -0.2) is 8.78 Å². The van der Waals surface area contributed by atoms with Crippen molar-refractivity contribution in [1.29, 1.82) is 0 Å². The summed E-state index contributed by atoms with van der Waals surface area (Å²) in [5.74, 6) is -2.83. The number of halogens is 2. The van der Waals surface area contributed by atoms with Gasteiger partial charge in [0, 0.05) is 18.9 Å². The zero-order valence-electron chi connectivity index (χ0n) is 8.42. The molecule has 2 fully saturated rings. The molecule has 0 aromatic carbocycles. The smallest absolute Gasteiger partial charge is 0.251 e. The predicted octanol–water partition coefficient (Wildman–Crippen LogP) is 1.34. The molecule has 1 heterocycles. The van der Waals surface area contributed by atoms with Gasteiger partial charge in [0.15, 0.2) is 0 Å². The second kappa shape index (κ2) is 3.42. The maximum Gasteiger partial charge on any atom is 0.251 e. The lowest BCUT2D eigenvalue weighted by molar-refractivity contribution is 0.0572.